The van der Waals surface area contributed by atoms with E-state index in [0.29, 0.717) is 0 Å². The summed E-state index contributed by atoms with van der Waals surface area (Å²) in [5.41, 5.74) is 0.862. The number of hydrogen-bond donors (Lipinski definition) is 0. The number of benzene rings is 2. The van der Waals surface area contributed by atoms with Crippen LogP contribution >= 0.6 is 0 Å². The minimum atomic E-state index is -4.73. The van der Waals surface area contributed by atoms with Gasteiger partial charge in [-0.05, 0) is 70.8 Å². The summed E-state index contributed by atoms with van der Waals surface area (Å²) in [7, 11) is 0. The van der Waals surface area contributed by atoms with Crippen molar-refractivity contribution < 1.29 is 31.1 Å². The molecule has 0 aliphatic carbocycles. The summed E-state index contributed by atoms with van der Waals surface area (Å²) in [5, 5.41) is 0. The Morgan fingerprint density at radius 1 is 0.778 bits per heavy atom. The van der Waals surface area contributed by atoms with Crippen LogP contribution in [-0.2, 0) is 5.41 Å². The molecule has 0 radical (unpaired) electrons. The predicted octanol–water partition coefficient (Wildman–Crippen LogP) is 10.2. The van der Waals surface area contributed by atoms with Crippen molar-refractivity contribution in [2.75, 3.05) is 0 Å². The van der Waals surface area contributed by atoms with E-state index in [0.717, 1.165) is 30.4 Å². The van der Waals surface area contributed by atoms with Gasteiger partial charge in [0.25, 0.3) is 0 Å². The largest absolute Gasteiger partial charge is 0.573 e. The zero-order valence-corrected chi connectivity index (χ0v) is 22.1. The maximum Gasteiger partial charge on any atom is 0.573 e. The van der Waals surface area contributed by atoms with Gasteiger partial charge in [-0.1, -0.05) is 84.9 Å². The van der Waals surface area contributed by atoms with Crippen LogP contribution in [0.1, 0.15) is 96.3 Å². The summed E-state index contributed by atoms with van der Waals surface area (Å²) in [6.45, 7) is 13.1. The smallest absolute Gasteiger partial charge is 0.406 e. The summed E-state index contributed by atoms with van der Waals surface area (Å²) < 4.78 is 83.1. The van der Waals surface area contributed by atoms with Gasteiger partial charge in [0.1, 0.15) is 5.75 Å². The summed E-state index contributed by atoms with van der Waals surface area (Å²) >= 11 is 0. The Morgan fingerprint density at radius 2 is 1.33 bits per heavy atom. The van der Waals surface area contributed by atoms with E-state index in [-0.39, 0.29) is 28.6 Å². The molecule has 0 aliphatic heterocycles. The SMILES string of the molecule is CC[C@](C)(c1ccc(OC(F)(F)F)cc1)C(C)CCC(C)c1cccc([C@@H](C(C)(C)C)C(F)(F)F)c1. The predicted molar refractivity (Wildman–Crippen MR) is 132 cm³/mol. The molecular weight excluding hydrogens is 478 g/mol. The molecule has 2 aromatic rings. The topological polar surface area (TPSA) is 9.23 Å². The summed E-state index contributed by atoms with van der Waals surface area (Å²) in [6, 6.07) is 12.9. The van der Waals surface area contributed by atoms with Gasteiger partial charge in [-0.15, -0.1) is 13.2 Å². The van der Waals surface area contributed by atoms with Crippen LogP contribution in [0, 0.1) is 11.3 Å². The molecule has 2 aromatic carbocycles. The van der Waals surface area contributed by atoms with Crippen molar-refractivity contribution in [2.45, 2.75) is 97.5 Å². The maximum atomic E-state index is 13.9. The first-order valence-electron chi connectivity index (χ1n) is 12.4. The van der Waals surface area contributed by atoms with E-state index in [1.807, 2.05) is 19.9 Å². The Balaban J connectivity index is 2.16. The minimum absolute atomic E-state index is 0.0601. The lowest BCUT2D eigenvalue weighted by molar-refractivity contribution is -0.274. The quantitative estimate of drug-likeness (QED) is 0.301. The molecule has 7 heteroatoms. The lowest BCUT2D eigenvalue weighted by atomic mass is 9.68. The second-order valence-electron chi connectivity index (χ2n) is 11.2. The third-order valence-corrected chi connectivity index (χ3v) is 7.61. The molecule has 0 aromatic heterocycles. The van der Waals surface area contributed by atoms with Crippen LogP contribution < -0.4 is 4.74 Å². The summed E-state index contributed by atoms with van der Waals surface area (Å²) in [4.78, 5) is 0. The van der Waals surface area contributed by atoms with Crippen molar-refractivity contribution in [1.29, 1.82) is 0 Å². The highest BCUT2D eigenvalue weighted by Crippen LogP contribution is 2.47. The van der Waals surface area contributed by atoms with Crippen molar-refractivity contribution in [2.24, 2.45) is 11.3 Å². The number of hydrogen-bond acceptors (Lipinski definition) is 1. The third kappa shape index (κ3) is 7.66. The van der Waals surface area contributed by atoms with Crippen LogP contribution in [0.3, 0.4) is 0 Å². The fourth-order valence-electron chi connectivity index (χ4n) is 5.08. The molecule has 0 saturated heterocycles. The van der Waals surface area contributed by atoms with Crippen LogP contribution in [0.25, 0.3) is 0 Å². The Labute approximate surface area is 211 Å². The molecule has 2 rings (SSSR count). The molecule has 202 valence electrons. The minimum Gasteiger partial charge on any atom is -0.406 e. The Morgan fingerprint density at radius 3 is 1.81 bits per heavy atom. The van der Waals surface area contributed by atoms with Gasteiger partial charge in [0.15, 0.2) is 0 Å². The van der Waals surface area contributed by atoms with Crippen LogP contribution in [0.4, 0.5) is 26.3 Å². The van der Waals surface area contributed by atoms with Gasteiger partial charge in [-0.2, -0.15) is 13.2 Å². The first-order valence-corrected chi connectivity index (χ1v) is 12.4. The van der Waals surface area contributed by atoms with E-state index in [1.54, 1.807) is 51.1 Å². The van der Waals surface area contributed by atoms with Gasteiger partial charge in [0, 0.05) is 0 Å². The van der Waals surface area contributed by atoms with E-state index in [4.69, 9.17) is 0 Å². The molecule has 0 fully saturated rings. The number of halogens is 6. The summed E-state index contributed by atoms with van der Waals surface area (Å²) in [5.74, 6) is -1.55. The van der Waals surface area contributed by atoms with Gasteiger partial charge in [-0.3, -0.25) is 0 Å². The average molecular weight is 517 g/mol. The van der Waals surface area contributed by atoms with Gasteiger partial charge in [0.05, 0.1) is 5.92 Å². The first kappa shape index (κ1) is 30.0. The Kier molecular flexibility index (Phi) is 9.23. The Hall–Kier alpha value is -2.18. The van der Waals surface area contributed by atoms with E-state index in [2.05, 4.69) is 18.6 Å². The molecule has 0 bridgehead atoms. The molecule has 0 amide bonds. The summed E-state index contributed by atoms with van der Waals surface area (Å²) in [6.07, 6.45) is -6.68. The maximum absolute atomic E-state index is 13.9. The van der Waals surface area contributed by atoms with Crippen molar-refractivity contribution in [3.63, 3.8) is 0 Å². The zero-order valence-electron chi connectivity index (χ0n) is 22.1. The van der Waals surface area contributed by atoms with Crippen molar-refractivity contribution in [3.05, 3.63) is 65.2 Å². The standard InChI is InChI=1S/C29H38F6O/c1-8-27(7,23-14-16-24(17-15-23)36-29(33,34)35)20(3)13-12-19(2)21-10-9-11-22(18-21)25(26(4,5)6)28(30,31)32/h9-11,14-20,25H,8,12-13H2,1-7H3/t19?,20?,25-,27-/m0/s1. The fourth-order valence-corrected chi connectivity index (χ4v) is 5.08. The molecule has 0 aliphatic rings. The molecule has 36 heavy (non-hydrogen) atoms. The lowest BCUT2D eigenvalue weighted by Crippen LogP contribution is -2.32. The highest BCUT2D eigenvalue weighted by atomic mass is 19.4. The number of ether oxygens (including phenoxy) is 1. The van der Waals surface area contributed by atoms with Crippen molar-refractivity contribution in [1.82, 2.24) is 0 Å². The van der Waals surface area contributed by atoms with Gasteiger partial charge in [0.2, 0.25) is 0 Å². The normalized spacial score (nSPS) is 17.2. The van der Waals surface area contributed by atoms with Crippen LogP contribution in [0.15, 0.2) is 48.5 Å². The Bertz CT molecular complexity index is 957. The highest BCUT2D eigenvalue weighted by Gasteiger charge is 2.47. The molecule has 0 spiro atoms. The van der Waals surface area contributed by atoms with Gasteiger partial charge < -0.3 is 4.74 Å². The van der Waals surface area contributed by atoms with E-state index < -0.39 is 23.9 Å². The fraction of sp³-hybridized carbons (Fsp3) is 0.586. The molecule has 0 saturated carbocycles. The third-order valence-electron chi connectivity index (χ3n) is 7.61. The van der Waals surface area contributed by atoms with Gasteiger partial charge >= 0.3 is 12.5 Å². The molecule has 2 unspecified atom stereocenters. The first-order chi connectivity index (χ1) is 16.4. The molecular formula is C29H38F6O. The number of alkyl halides is 6. The number of rotatable bonds is 9. The van der Waals surface area contributed by atoms with E-state index >= 15 is 0 Å². The highest BCUT2D eigenvalue weighted by molar-refractivity contribution is 5.33. The van der Waals surface area contributed by atoms with Crippen LogP contribution in [-0.4, -0.2) is 12.5 Å². The monoisotopic (exact) mass is 516 g/mol. The lowest BCUT2D eigenvalue weighted by Gasteiger charge is -2.36. The zero-order chi connectivity index (χ0) is 27.5. The van der Waals surface area contributed by atoms with E-state index in [1.165, 1.54) is 12.1 Å². The molecule has 0 heterocycles. The second kappa shape index (κ2) is 11.1. The van der Waals surface area contributed by atoms with Crippen molar-refractivity contribution in [3.8, 4) is 5.75 Å². The van der Waals surface area contributed by atoms with Crippen molar-refractivity contribution >= 4 is 0 Å². The van der Waals surface area contributed by atoms with E-state index in [9.17, 15) is 26.3 Å². The van der Waals surface area contributed by atoms with Crippen LogP contribution in [0.5, 0.6) is 5.75 Å². The molecule has 4 atom stereocenters. The van der Waals surface area contributed by atoms with Crippen LogP contribution in [0.2, 0.25) is 0 Å². The average Bonchev–Trinajstić information content (AvgIpc) is 2.74. The second-order valence-corrected chi connectivity index (χ2v) is 11.2. The molecule has 1 nitrogen and oxygen atoms in total. The van der Waals surface area contributed by atoms with Gasteiger partial charge in [-0.25, -0.2) is 0 Å². The molecule has 0 N–H and O–H groups in total.